The minimum absolute atomic E-state index is 0.0720. The van der Waals surface area contributed by atoms with Gasteiger partial charge in [-0.25, -0.2) is 9.13 Å². The van der Waals surface area contributed by atoms with E-state index in [-0.39, 0.29) is 25.7 Å². The summed E-state index contributed by atoms with van der Waals surface area (Å²) in [6, 6.07) is 0. The number of carbonyl (C=O) groups is 4. The largest absolute Gasteiger partial charge is 0.472 e. The van der Waals surface area contributed by atoms with Crippen LogP contribution in [-0.4, -0.2) is 96.7 Å². The normalized spacial score (nSPS) is 14.4. The lowest BCUT2D eigenvalue weighted by Crippen LogP contribution is -2.30. The van der Waals surface area contributed by atoms with Crippen molar-refractivity contribution < 1.29 is 80.2 Å². The molecule has 0 bridgehead atoms. The fourth-order valence-electron chi connectivity index (χ4n) is 10.9. The Bertz CT molecular complexity index is 2310. The highest BCUT2D eigenvalue weighted by atomic mass is 31.2. The van der Waals surface area contributed by atoms with E-state index in [0.717, 1.165) is 180 Å². The predicted molar refractivity (Wildman–Crippen MR) is 418 cm³/mol. The molecule has 17 nitrogen and oxygen atoms in total. The van der Waals surface area contributed by atoms with Crippen LogP contribution in [0.3, 0.4) is 0 Å². The minimum Gasteiger partial charge on any atom is -0.462 e. The molecule has 0 aliphatic carbocycles. The van der Waals surface area contributed by atoms with Crippen LogP contribution in [0.2, 0.25) is 0 Å². The number of hydrogen-bond acceptors (Lipinski definition) is 15. The number of carbonyl (C=O) groups excluding carboxylic acids is 4. The van der Waals surface area contributed by atoms with Gasteiger partial charge in [0.2, 0.25) is 0 Å². The molecule has 5 atom stereocenters. The van der Waals surface area contributed by atoms with Crippen molar-refractivity contribution in [1.29, 1.82) is 0 Å². The molecule has 0 aromatic rings. The zero-order chi connectivity index (χ0) is 74.6. The molecule has 0 aliphatic heterocycles. The molecule has 0 aromatic carbocycles. The van der Waals surface area contributed by atoms with Crippen molar-refractivity contribution in [3.63, 3.8) is 0 Å². The first-order valence-corrected chi connectivity index (χ1v) is 43.5. The highest BCUT2D eigenvalue weighted by Crippen LogP contribution is 2.45. The van der Waals surface area contributed by atoms with Crippen LogP contribution in [0.1, 0.15) is 349 Å². The lowest BCUT2D eigenvalue weighted by atomic mass is 10.0. The second kappa shape index (κ2) is 75.2. The lowest BCUT2D eigenvalue weighted by Gasteiger charge is -2.21. The standard InChI is InChI=1S/C83H146O17P2/c1-5-9-13-17-21-25-29-33-36-37-38-39-42-45-48-52-56-60-64-68-81(86)94-74-79(100-83(88)70-66-62-58-54-50-46-41-35-31-27-23-19-15-11-7-3)76-98-102(91,92)96-72-77(84)71-95-101(89,90)97-75-78(99-82(87)69-65-61-57-53-49-43-32-28-24-20-16-12-8-4)73-93-80(85)67-63-59-55-51-47-44-40-34-30-26-22-18-14-10-6-2/h9,11,13,15,21,23,25,27,33-36,38-41,77-79,84H,5-8,10,12,14,16-20,22,24,26,28-32,37,42-76H2,1-4H3,(H,89,90)(H,91,92)/b13-9-,15-11-,25-21-,27-23-,36-33-,39-38-,40-34-,41-35-. The molecule has 0 amide bonds. The third kappa shape index (κ3) is 74.3. The number of ether oxygens (including phenoxy) is 4. The van der Waals surface area contributed by atoms with Crippen LogP contribution >= 0.6 is 15.6 Å². The van der Waals surface area contributed by atoms with Gasteiger partial charge in [0.1, 0.15) is 19.3 Å². The Hall–Kier alpha value is -4.02. The van der Waals surface area contributed by atoms with E-state index in [1.807, 2.05) is 0 Å². The summed E-state index contributed by atoms with van der Waals surface area (Å²) in [6.45, 7) is 4.65. The Morgan fingerprint density at radius 2 is 0.510 bits per heavy atom. The van der Waals surface area contributed by atoms with Gasteiger partial charge >= 0.3 is 39.5 Å². The molecule has 590 valence electrons. The molecule has 0 aromatic heterocycles. The Labute approximate surface area is 620 Å². The van der Waals surface area contributed by atoms with E-state index in [1.54, 1.807) is 0 Å². The second-order valence-corrected chi connectivity index (χ2v) is 29.9. The fourth-order valence-corrected chi connectivity index (χ4v) is 12.5. The first kappa shape index (κ1) is 98.0. The topological polar surface area (TPSA) is 237 Å². The van der Waals surface area contributed by atoms with E-state index in [2.05, 4.69) is 125 Å². The van der Waals surface area contributed by atoms with Crippen LogP contribution < -0.4 is 0 Å². The van der Waals surface area contributed by atoms with Gasteiger partial charge in [-0.15, -0.1) is 0 Å². The third-order valence-electron chi connectivity index (χ3n) is 17.0. The molecule has 0 radical (unpaired) electrons. The summed E-state index contributed by atoms with van der Waals surface area (Å²) in [7, 11) is -9.96. The number of aliphatic hydroxyl groups excluding tert-OH is 1. The monoisotopic (exact) mass is 1480 g/mol. The number of rotatable bonds is 76. The second-order valence-electron chi connectivity index (χ2n) is 27.0. The SMILES string of the molecule is CC/C=C\C/C=C\C/C=C\C/C=C\CCCCCCCCC(=O)OCC(COP(=O)(O)OCC(O)COP(=O)(O)OCC(COC(=O)CCCCCCC/C=C\CCCCCCCC)OC(=O)CCCCCCCCCCCCCCC)OC(=O)CCCCCCC/C=C\C/C=C\C/C=C\CC. The predicted octanol–water partition coefficient (Wildman–Crippen LogP) is 23.6. The summed E-state index contributed by atoms with van der Waals surface area (Å²) in [5.41, 5.74) is 0. The molecule has 0 fully saturated rings. The van der Waals surface area contributed by atoms with E-state index >= 15 is 0 Å². The summed E-state index contributed by atoms with van der Waals surface area (Å²) in [4.78, 5) is 73.0. The molecule has 0 saturated carbocycles. The molecule has 0 heterocycles. The maximum Gasteiger partial charge on any atom is 0.472 e. The fraction of sp³-hybridized carbons (Fsp3) is 0.759. The van der Waals surface area contributed by atoms with Crippen molar-refractivity contribution in [2.24, 2.45) is 0 Å². The van der Waals surface area contributed by atoms with Crippen LogP contribution in [0.5, 0.6) is 0 Å². The summed E-state index contributed by atoms with van der Waals surface area (Å²) in [5, 5.41) is 10.6. The van der Waals surface area contributed by atoms with Crippen molar-refractivity contribution in [2.75, 3.05) is 39.6 Å². The van der Waals surface area contributed by atoms with E-state index in [1.165, 1.54) is 89.9 Å². The van der Waals surface area contributed by atoms with Gasteiger partial charge in [-0.05, 0) is 122 Å². The maximum atomic E-state index is 13.1. The van der Waals surface area contributed by atoms with Crippen LogP contribution in [0, 0.1) is 0 Å². The van der Waals surface area contributed by atoms with Crippen molar-refractivity contribution in [1.82, 2.24) is 0 Å². The molecule has 3 N–H and O–H groups in total. The van der Waals surface area contributed by atoms with Gasteiger partial charge in [0.25, 0.3) is 0 Å². The zero-order valence-corrected chi connectivity index (χ0v) is 66.3. The molecule has 0 saturated heterocycles. The van der Waals surface area contributed by atoms with Crippen molar-refractivity contribution in [3.8, 4) is 0 Å². The molecule has 19 heteroatoms. The summed E-state index contributed by atoms with van der Waals surface area (Å²) in [5.74, 6) is -2.20. The van der Waals surface area contributed by atoms with Gasteiger partial charge < -0.3 is 33.8 Å². The maximum absolute atomic E-state index is 13.1. The molecule has 0 aliphatic rings. The van der Waals surface area contributed by atoms with E-state index in [4.69, 9.17) is 37.0 Å². The van der Waals surface area contributed by atoms with E-state index in [0.29, 0.717) is 25.7 Å². The van der Waals surface area contributed by atoms with Gasteiger partial charge in [0.15, 0.2) is 12.2 Å². The lowest BCUT2D eigenvalue weighted by molar-refractivity contribution is -0.161. The van der Waals surface area contributed by atoms with Gasteiger partial charge in [-0.2, -0.15) is 0 Å². The van der Waals surface area contributed by atoms with Gasteiger partial charge in [0.05, 0.1) is 26.4 Å². The first-order chi connectivity index (χ1) is 49.7. The quantitative estimate of drug-likeness (QED) is 0.0169. The molecule has 0 rings (SSSR count). The minimum atomic E-state index is -4.98. The van der Waals surface area contributed by atoms with E-state index in [9.17, 15) is 43.2 Å². The molecular formula is C83H146O17P2. The summed E-state index contributed by atoms with van der Waals surface area (Å²) < 4.78 is 68.6. The van der Waals surface area contributed by atoms with E-state index < -0.39 is 97.5 Å². The number of phosphoric acid groups is 2. The third-order valence-corrected chi connectivity index (χ3v) is 18.9. The van der Waals surface area contributed by atoms with Crippen molar-refractivity contribution in [2.45, 2.75) is 367 Å². The summed E-state index contributed by atoms with van der Waals surface area (Å²) >= 11 is 0. The number of esters is 4. The number of aliphatic hydroxyl groups is 1. The highest BCUT2D eigenvalue weighted by molar-refractivity contribution is 7.47. The highest BCUT2D eigenvalue weighted by Gasteiger charge is 2.30. The van der Waals surface area contributed by atoms with Crippen LogP contribution in [0.25, 0.3) is 0 Å². The van der Waals surface area contributed by atoms with Gasteiger partial charge in [-0.3, -0.25) is 37.3 Å². The smallest absolute Gasteiger partial charge is 0.462 e. The Morgan fingerprint density at radius 1 is 0.284 bits per heavy atom. The van der Waals surface area contributed by atoms with Crippen LogP contribution in [0.4, 0.5) is 0 Å². The average Bonchev–Trinajstić information content (AvgIpc) is 0.924. The Kier molecular flexibility index (Phi) is 72.3. The number of hydrogen-bond donors (Lipinski definition) is 3. The van der Waals surface area contributed by atoms with Crippen molar-refractivity contribution >= 4 is 39.5 Å². The van der Waals surface area contributed by atoms with Gasteiger partial charge in [0, 0.05) is 25.7 Å². The molecule has 102 heavy (non-hydrogen) atoms. The molecule has 0 spiro atoms. The first-order valence-electron chi connectivity index (χ1n) is 40.5. The number of allylic oxidation sites excluding steroid dienone is 16. The zero-order valence-electron chi connectivity index (χ0n) is 64.5. The number of phosphoric ester groups is 2. The van der Waals surface area contributed by atoms with Crippen LogP contribution in [0.15, 0.2) is 97.2 Å². The molecular weight excluding hydrogens is 1330 g/mol. The average molecular weight is 1480 g/mol. The number of unbranched alkanes of at least 4 members (excludes halogenated alkanes) is 34. The summed E-state index contributed by atoms with van der Waals surface area (Å²) in [6.07, 6.45) is 79.5. The van der Waals surface area contributed by atoms with Crippen molar-refractivity contribution in [3.05, 3.63) is 97.2 Å². The van der Waals surface area contributed by atoms with Crippen LogP contribution in [-0.2, 0) is 65.4 Å². The Balaban J connectivity index is 5.35. The van der Waals surface area contributed by atoms with Gasteiger partial charge in [-0.1, -0.05) is 298 Å². The Morgan fingerprint density at radius 3 is 0.794 bits per heavy atom. The molecule has 5 unspecified atom stereocenters.